The molecule has 0 spiro atoms. The molecule has 2 aromatic heterocycles. The highest BCUT2D eigenvalue weighted by Crippen LogP contribution is 2.22. The zero-order valence-corrected chi connectivity index (χ0v) is 9.26. The molecule has 2 heterocycles. The van der Waals surface area contributed by atoms with Crippen molar-refractivity contribution in [2.24, 2.45) is 0 Å². The molecule has 0 fully saturated rings. The summed E-state index contributed by atoms with van der Waals surface area (Å²) in [6, 6.07) is 6.01. The first-order valence-corrected chi connectivity index (χ1v) is 5.52. The van der Waals surface area contributed by atoms with Crippen LogP contribution in [0.1, 0.15) is 0 Å². The van der Waals surface area contributed by atoms with E-state index in [0.717, 1.165) is 10.9 Å². The van der Waals surface area contributed by atoms with Crippen molar-refractivity contribution in [3.8, 4) is 10.6 Å². The molecule has 0 aliphatic carbocycles. The number of hydrogen-bond donors (Lipinski definition) is 0. The van der Waals surface area contributed by atoms with E-state index in [0.29, 0.717) is 10.4 Å². The van der Waals surface area contributed by atoms with Gasteiger partial charge >= 0.3 is 6.18 Å². The summed E-state index contributed by atoms with van der Waals surface area (Å²) in [5.41, 5.74) is -0.397. The SMILES string of the molecule is O=c1ccc(-c2cccs2)nn1CC(F)(F)F. The van der Waals surface area contributed by atoms with Crippen LogP contribution in [0, 0.1) is 0 Å². The molecule has 0 bridgehead atoms. The topological polar surface area (TPSA) is 34.9 Å². The third kappa shape index (κ3) is 2.94. The molecule has 0 aromatic carbocycles. The minimum Gasteiger partial charge on any atom is -0.268 e. The molecule has 0 saturated heterocycles. The second-order valence-electron chi connectivity index (χ2n) is 3.31. The van der Waals surface area contributed by atoms with Gasteiger partial charge in [0.1, 0.15) is 12.2 Å². The van der Waals surface area contributed by atoms with Gasteiger partial charge in [-0.2, -0.15) is 18.3 Å². The Labute approximate surface area is 98.1 Å². The summed E-state index contributed by atoms with van der Waals surface area (Å²) in [7, 11) is 0. The molecule has 90 valence electrons. The predicted octanol–water partition coefficient (Wildman–Crippen LogP) is 2.53. The number of aromatic nitrogens is 2. The molecule has 7 heteroatoms. The van der Waals surface area contributed by atoms with Crippen molar-refractivity contribution in [3.63, 3.8) is 0 Å². The van der Waals surface area contributed by atoms with Crippen molar-refractivity contribution < 1.29 is 13.2 Å². The van der Waals surface area contributed by atoms with Gasteiger partial charge in [-0.05, 0) is 17.5 Å². The van der Waals surface area contributed by atoms with E-state index in [1.54, 1.807) is 17.5 Å². The fourth-order valence-electron chi connectivity index (χ4n) is 1.29. The number of hydrogen-bond acceptors (Lipinski definition) is 3. The van der Waals surface area contributed by atoms with Gasteiger partial charge in [0.2, 0.25) is 0 Å². The third-order valence-electron chi connectivity index (χ3n) is 1.97. The minimum atomic E-state index is -4.45. The lowest BCUT2D eigenvalue weighted by Gasteiger charge is -2.08. The Hall–Kier alpha value is -1.63. The Balaban J connectivity index is 2.40. The Morgan fingerprint density at radius 1 is 1.29 bits per heavy atom. The average molecular weight is 260 g/mol. The maximum absolute atomic E-state index is 12.2. The van der Waals surface area contributed by atoms with Crippen LogP contribution in [0.5, 0.6) is 0 Å². The normalized spacial score (nSPS) is 11.7. The molecule has 2 rings (SSSR count). The van der Waals surface area contributed by atoms with Crippen molar-refractivity contribution in [2.75, 3.05) is 0 Å². The number of alkyl halides is 3. The third-order valence-corrected chi connectivity index (χ3v) is 2.86. The van der Waals surface area contributed by atoms with Crippen LogP contribution in [0.15, 0.2) is 34.4 Å². The van der Waals surface area contributed by atoms with E-state index in [2.05, 4.69) is 5.10 Å². The predicted molar refractivity (Wildman–Crippen MR) is 57.9 cm³/mol. The molecule has 2 aromatic rings. The summed E-state index contributed by atoms with van der Waals surface area (Å²) >= 11 is 1.35. The van der Waals surface area contributed by atoms with Crippen molar-refractivity contribution in [3.05, 3.63) is 40.0 Å². The summed E-state index contributed by atoms with van der Waals surface area (Å²) in [5.74, 6) is 0. The van der Waals surface area contributed by atoms with Gasteiger partial charge in [-0.1, -0.05) is 6.07 Å². The van der Waals surface area contributed by atoms with E-state index in [1.165, 1.54) is 17.4 Å². The molecular weight excluding hydrogens is 253 g/mol. The minimum absolute atomic E-state index is 0.365. The summed E-state index contributed by atoms with van der Waals surface area (Å²) in [4.78, 5) is 11.9. The zero-order valence-electron chi connectivity index (χ0n) is 8.44. The van der Waals surface area contributed by atoms with E-state index in [4.69, 9.17) is 0 Å². The fraction of sp³-hybridized carbons (Fsp3) is 0.200. The van der Waals surface area contributed by atoms with Gasteiger partial charge in [-0.15, -0.1) is 11.3 Å². The summed E-state index contributed by atoms with van der Waals surface area (Å²) in [5, 5.41) is 5.48. The molecule has 0 saturated carbocycles. The van der Waals surface area contributed by atoms with E-state index in [-0.39, 0.29) is 0 Å². The average Bonchev–Trinajstić information content (AvgIpc) is 2.72. The van der Waals surface area contributed by atoms with Crippen LogP contribution >= 0.6 is 11.3 Å². The van der Waals surface area contributed by atoms with Crippen molar-refractivity contribution >= 4 is 11.3 Å². The monoisotopic (exact) mass is 260 g/mol. The lowest BCUT2D eigenvalue weighted by Crippen LogP contribution is -2.29. The van der Waals surface area contributed by atoms with E-state index < -0.39 is 18.3 Å². The standard InChI is InChI=1S/C10H7F3N2OS/c11-10(12,13)6-15-9(16)4-3-7(14-15)8-2-1-5-17-8/h1-5H,6H2. The fourth-order valence-corrected chi connectivity index (χ4v) is 1.98. The molecule has 17 heavy (non-hydrogen) atoms. The Morgan fingerprint density at radius 2 is 2.06 bits per heavy atom. The van der Waals surface area contributed by atoms with E-state index >= 15 is 0 Å². The van der Waals surface area contributed by atoms with Gasteiger partial charge in [0, 0.05) is 6.07 Å². The Bertz CT molecular complexity index is 560. The molecule has 0 unspecified atom stereocenters. The largest absolute Gasteiger partial charge is 0.408 e. The summed E-state index contributed by atoms with van der Waals surface area (Å²) < 4.78 is 37.0. The van der Waals surface area contributed by atoms with Crippen LogP contribution in [0.4, 0.5) is 13.2 Å². The number of thiophene rings is 1. The Morgan fingerprint density at radius 3 is 2.65 bits per heavy atom. The second kappa shape index (κ2) is 4.33. The molecule has 0 atom stereocenters. The highest BCUT2D eigenvalue weighted by atomic mass is 32.1. The molecule has 0 radical (unpaired) electrons. The van der Waals surface area contributed by atoms with Crippen LogP contribution in [0.3, 0.4) is 0 Å². The Kier molecular flexibility index (Phi) is 3.01. The highest BCUT2D eigenvalue weighted by Gasteiger charge is 2.29. The van der Waals surface area contributed by atoms with Crippen LogP contribution in [0.2, 0.25) is 0 Å². The van der Waals surface area contributed by atoms with Gasteiger partial charge in [0.25, 0.3) is 5.56 Å². The van der Waals surface area contributed by atoms with E-state index in [9.17, 15) is 18.0 Å². The molecule has 0 amide bonds. The van der Waals surface area contributed by atoms with Crippen molar-refractivity contribution in [1.82, 2.24) is 9.78 Å². The molecular formula is C10H7F3N2OS. The number of rotatable bonds is 2. The quantitative estimate of drug-likeness (QED) is 0.831. The number of nitrogens with zero attached hydrogens (tertiary/aromatic N) is 2. The van der Waals surface area contributed by atoms with Crippen molar-refractivity contribution in [1.29, 1.82) is 0 Å². The second-order valence-corrected chi connectivity index (χ2v) is 4.25. The van der Waals surface area contributed by atoms with Crippen LogP contribution in [0.25, 0.3) is 10.6 Å². The lowest BCUT2D eigenvalue weighted by molar-refractivity contribution is -0.143. The zero-order chi connectivity index (χ0) is 12.5. The van der Waals surface area contributed by atoms with Crippen LogP contribution < -0.4 is 5.56 Å². The molecule has 0 aliphatic heterocycles. The molecule has 0 N–H and O–H groups in total. The maximum atomic E-state index is 12.2. The number of halogens is 3. The van der Waals surface area contributed by atoms with Gasteiger partial charge in [-0.25, -0.2) is 4.68 Å². The van der Waals surface area contributed by atoms with Gasteiger partial charge < -0.3 is 0 Å². The van der Waals surface area contributed by atoms with Crippen molar-refractivity contribution in [2.45, 2.75) is 12.7 Å². The first-order valence-electron chi connectivity index (χ1n) is 4.64. The first-order chi connectivity index (χ1) is 7.96. The smallest absolute Gasteiger partial charge is 0.268 e. The van der Waals surface area contributed by atoms with Crippen LogP contribution in [-0.4, -0.2) is 16.0 Å². The molecule has 3 nitrogen and oxygen atoms in total. The first kappa shape index (κ1) is 11.8. The molecule has 0 aliphatic rings. The summed E-state index contributed by atoms with van der Waals surface area (Å²) in [6.45, 7) is -1.37. The highest BCUT2D eigenvalue weighted by molar-refractivity contribution is 7.13. The van der Waals surface area contributed by atoms with E-state index in [1.807, 2.05) is 0 Å². The lowest BCUT2D eigenvalue weighted by atomic mass is 10.3. The van der Waals surface area contributed by atoms with Gasteiger partial charge in [0.15, 0.2) is 0 Å². The van der Waals surface area contributed by atoms with Gasteiger partial charge in [0.05, 0.1) is 4.88 Å². The maximum Gasteiger partial charge on any atom is 0.408 e. The summed E-state index contributed by atoms with van der Waals surface area (Å²) in [6.07, 6.45) is -4.45. The van der Waals surface area contributed by atoms with Gasteiger partial charge in [-0.3, -0.25) is 4.79 Å². The van der Waals surface area contributed by atoms with Crippen LogP contribution in [-0.2, 0) is 6.54 Å².